The van der Waals surface area contributed by atoms with Gasteiger partial charge in [0.05, 0.1) is 0 Å². The highest BCUT2D eigenvalue weighted by molar-refractivity contribution is 4.94. The molecule has 1 nitrogen and oxygen atoms in total. The first-order chi connectivity index (χ1) is 4.79. The topological polar surface area (TPSA) is 26.0 Å². The Morgan fingerprint density at radius 2 is 1.70 bits per heavy atom. The fourth-order valence-corrected chi connectivity index (χ4v) is 2.93. The van der Waals surface area contributed by atoms with E-state index in [2.05, 4.69) is 6.92 Å². The summed E-state index contributed by atoms with van der Waals surface area (Å²) >= 11 is 0. The monoisotopic (exact) mass is 139 g/mol. The molecule has 0 aromatic carbocycles. The van der Waals surface area contributed by atoms with Gasteiger partial charge in [0.2, 0.25) is 0 Å². The predicted octanol–water partition coefficient (Wildman–Crippen LogP) is 1.77. The standard InChI is InChI=1S/C9H17N/c1-6-2-3-8-7(6)4-5-9(8)10/h6-9H,2-5,10H2,1H3. The summed E-state index contributed by atoms with van der Waals surface area (Å²) in [5.41, 5.74) is 5.98. The van der Waals surface area contributed by atoms with Crippen molar-refractivity contribution in [2.75, 3.05) is 0 Å². The minimum atomic E-state index is 0.551. The number of hydrogen-bond donors (Lipinski definition) is 1. The Balaban J connectivity index is 2.09. The van der Waals surface area contributed by atoms with Crippen LogP contribution in [0.2, 0.25) is 0 Å². The minimum absolute atomic E-state index is 0.551. The van der Waals surface area contributed by atoms with E-state index in [0.29, 0.717) is 6.04 Å². The quantitative estimate of drug-likeness (QED) is 0.544. The Hall–Kier alpha value is -0.0400. The summed E-state index contributed by atoms with van der Waals surface area (Å²) in [5.74, 6) is 2.86. The van der Waals surface area contributed by atoms with Gasteiger partial charge in [-0.25, -0.2) is 0 Å². The zero-order chi connectivity index (χ0) is 7.14. The van der Waals surface area contributed by atoms with Crippen LogP contribution in [-0.4, -0.2) is 6.04 Å². The van der Waals surface area contributed by atoms with Gasteiger partial charge in [-0.3, -0.25) is 0 Å². The third kappa shape index (κ3) is 0.800. The maximum atomic E-state index is 5.98. The van der Waals surface area contributed by atoms with Gasteiger partial charge in [-0.05, 0) is 37.0 Å². The highest BCUT2D eigenvalue weighted by Crippen LogP contribution is 2.46. The van der Waals surface area contributed by atoms with Gasteiger partial charge in [0, 0.05) is 6.04 Å². The molecule has 0 amide bonds. The number of fused-ring (bicyclic) bond motifs is 1. The van der Waals surface area contributed by atoms with E-state index in [9.17, 15) is 0 Å². The molecular weight excluding hydrogens is 122 g/mol. The first-order valence-electron chi connectivity index (χ1n) is 4.54. The summed E-state index contributed by atoms with van der Waals surface area (Å²) in [6.45, 7) is 2.39. The number of nitrogens with two attached hydrogens (primary N) is 1. The van der Waals surface area contributed by atoms with Crippen LogP contribution in [0, 0.1) is 17.8 Å². The van der Waals surface area contributed by atoms with E-state index in [-0.39, 0.29) is 0 Å². The van der Waals surface area contributed by atoms with Gasteiger partial charge in [0.1, 0.15) is 0 Å². The van der Waals surface area contributed by atoms with Crippen LogP contribution in [0.1, 0.15) is 32.6 Å². The lowest BCUT2D eigenvalue weighted by molar-refractivity contribution is 0.363. The molecule has 0 bridgehead atoms. The Kier molecular flexibility index (Phi) is 1.48. The first-order valence-corrected chi connectivity index (χ1v) is 4.54. The first kappa shape index (κ1) is 6.66. The van der Waals surface area contributed by atoms with Crippen LogP contribution in [0.3, 0.4) is 0 Å². The summed E-state index contributed by atoms with van der Waals surface area (Å²) in [7, 11) is 0. The third-order valence-corrected chi connectivity index (χ3v) is 3.62. The lowest BCUT2D eigenvalue weighted by Crippen LogP contribution is -2.25. The summed E-state index contributed by atoms with van der Waals surface area (Å²) in [6, 6.07) is 0.551. The summed E-state index contributed by atoms with van der Waals surface area (Å²) in [6.07, 6.45) is 5.54. The lowest BCUT2D eigenvalue weighted by Gasteiger charge is -2.14. The lowest BCUT2D eigenvalue weighted by atomic mass is 9.93. The molecule has 2 N–H and O–H groups in total. The predicted molar refractivity (Wildman–Crippen MR) is 42.6 cm³/mol. The summed E-state index contributed by atoms with van der Waals surface area (Å²) in [4.78, 5) is 0. The van der Waals surface area contributed by atoms with Crippen LogP contribution in [0.5, 0.6) is 0 Å². The molecule has 0 heterocycles. The zero-order valence-electron chi connectivity index (χ0n) is 6.72. The molecule has 0 aliphatic heterocycles. The van der Waals surface area contributed by atoms with Crippen LogP contribution in [0.4, 0.5) is 0 Å². The second-order valence-corrected chi connectivity index (χ2v) is 4.12. The molecule has 4 unspecified atom stereocenters. The molecule has 4 atom stereocenters. The van der Waals surface area contributed by atoms with Gasteiger partial charge in [-0.2, -0.15) is 0 Å². The smallest absolute Gasteiger partial charge is 0.00700 e. The third-order valence-electron chi connectivity index (χ3n) is 3.62. The fraction of sp³-hybridized carbons (Fsp3) is 1.00. The molecule has 0 saturated heterocycles. The molecule has 2 aliphatic carbocycles. The van der Waals surface area contributed by atoms with Crippen molar-refractivity contribution in [2.24, 2.45) is 23.5 Å². The molecule has 2 aliphatic rings. The molecule has 58 valence electrons. The molecule has 0 aromatic rings. The average molecular weight is 139 g/mol. The van der Waals surface area contributed by atoms with Crippen molar-refractivity contribution in [2.45, 2.75) is 38.6 Å². The second kappa shape index (κ2) is 2.23. The SMILES string of the molecule is CC1CCC2C(N)CCC12. The van der Waals surface area contributed by atoms with Crippen LogP contribution in [-0.2, 0) is 0 Å². The Morgan fingerprint density at radius 1 is 1.00 bits per heavy atom. The van der Waals surface area contributed by atoms with Gasteiger partial charge >= 0.3 is 0 Å². The Labute approximate surface area is 63.0 Å². The minimum Gasteiger partial charge on any atom is -0.327 e. The largest absolute Gasteiger partial charge is 0.327 e. The Morgan fingerprint density at radius 3 is 2.40 bits per heavy atom. The van der Waals surface area contributed by atoms with Gasteiger partial charge in [0.15, 0.2) is 0 Å². The van der Waals surface area contributed by atoms with Crippen molar-refractivity contribution in [1.82, 2.24) is 0 Å². The molecule has 1 heteroatoms. The summed E-state index contributed by atoms with van der Waals surface area (Å²) < 4.78 is 0. The molecule has 10 heavy (non-hydrogen) atoms. The normalized spacial score (nSPS) is 53.4. The highest BCUT2D eigenvalue weighted by Gasteiger charge is 2.40. The van der Waals surface area contributed by atoms with Crippen LogP contribution in [0.25, 0.3) is 0 Å². The van der Waals surface area contributed by atoms with Crippen LogP contribution >= 0.6 is 0 Å². The van der Waals surface area contributed by atoms with Crippen molar-refractivity contribution in [1.29, 1.82) is 0 Å². The maximum absolute atomic E-state index is 5.98. The van der Waals surface area contributed by atoms with Crippen LogP contribution in [0.15, 0.2) is 0 Å². The molecule has 2 saturated carbocycles. The number of hydrogen-bond acceptors (Lipinski definition) is 1. The van der Waals surface area contributed by atoms with Crippen LogP contribution < -0.4 is 5.73 Å². The van der Waals surface area contributed by atoms with Crippen molar-refractivity contribution in [3.63, 3.8) is 0 Å². The molecule has 2 fully saturated rings. The second-order valence-electron chi connectivity index (χ2n) is 4.12. The van der Waals surface area contributed by atoms with E-state index < -0.39 is 0 Å². The van der Waals surface area contributed by atoms with Gasteiger partial charge < -0.3 is 5.73 Å². The van der Waals surface area contributed by atoms with Crippen molar-refractivity contribution in [3.8, 4) is 0 Å². The van der Waals surface area contributed by atoms with E-state index in [1.807, 2.05) is 0 Å². The molecule has 0 radical (unpaired) electrons. The molecular formula is C9H17N. The van der Waals surface area contributed by atoms with Crippen molar-refractivity contribution in [3.05, 3.63) is 0 Å². The summed E-state index contributed by atoms with van der Waals surface area (Å²) in [5, 5.41) is 0. The van der Waals surface area contributed by atoms with Gasteiger partial charge in [-0.15, -0.1) is 0 Å². The maximum Gasteiger partial charge on any atom is 0.00700 e. The van der Waals surface area contributed by atoms with E-state index in [1.54, 1.807) is 0 Å². The van der Waals surface area contributed by atoms with E-state index >= 15 is 0 Å². The van der Waals surface area contributed by atoms with Crippen molar-refractivity contribution < 1.29 is 0 Å². The molecule has 2 rings (SSSR count). The molecule has 0 spiro atoms. The van der Waals surface area contributed by atoms with Crippen molar-refractivity contribution >= 4 is 0 Å². The number of rotatable bonds is 0. The van der Waals surface area contributed by atoms with E-state index in [1.165, 1.54) is 25.7 Å². The van der Waals surface area contributed by atoms with E-state index in [0.717, 1.165) is 17.8 Å². The fourth-order valence-electron chi connectivity index (χ4n) is 2.93. The molecule has 0 aromatic heterocycles. The zero-order valence-corrected chi connectivity index (χ0v) is 6.72. The van der Waals surface area contributed by atoms with Gasteiger partial charge in [0.25, 0.3) is 0 Å². The Bertz CT molecular complexity index is 117. The van der Waals surface area contributed by atoms with E-state index in [4.69, 9.17) is 5.73 Å². The van der Waals surface area contributed by atoms with Gasteiger partial charge in [-0.1, -0.05) is 13.3 Å². The highest BCUT2D eigenvalue weighted by atomic mass is 14.7. The average Bonchev–Trinajstić information content (AvgIpc) is 2.41.